The van der Waals surface area contributed by atoms with Crippen molar-refractivity contribution >= 4 is 5.91 Å². The number of nitrogens with one attached hydrogen (secondary N) is 1. The quantitative estimate of drug-likeness (QED) is 0.688. The molecule has 0 aromatic carbocycles. The zero-order valence-corrected chi connectivity index (χ0v) is 16.3. The van der Waals surface area contributed by atoms with E-state index in [0.717, 1.165) is 30.0 Å². The molecule has 0 atom stereocenters. The van der Waals surface area contributed by atoms with E-state index in [0.29, 0.717) is 31.9 Å². The first-order valence-corrected chi connectivity index (χ1v) is 9.62. The second-order valence-corrected chi connectivity index (χ2v) is 7.09. The topological polar surface area (TPSA) is 100 Å². The normalized spacial score (nSPS) is 14.9. The maximum atomic E-state index is 12.5. The SMILES string of the molecule is Cc1cc(C(=O)N2CCN(CCn3nc(-c4ccncc4)ccc3=O)CC2)n[nH]1. The van der Waals surface area contributed by atoms with Gasteiger partial charge in [0.1, 0.15) is 5.69 Å². The molecule has 1 aliphatic rings. The van der Waals surface area contributed by atoms with E-state index in [-0.39, 0.29) is 11.5 Å². The molecule has 3 aromatic heterocycles. The Kier molecular flexibility index (Phi) is 5.48. The Morgan fingerprint density at radius 2 is 1.83 bits per heavy atom. The summed E-state index contributed by atoms with van der Waals surface area (Å²) in [6.07, 6.45) is 3.41. The van der Waals surface area contributed by atoms with E-state index in [9.17, 15) is 9.59 Å². The van der Waals surface area contributed by atoms with Crippen LogP contribution >= 0.6 is 0 Å². The maximum absolute atomic E-state index is 12.5. The molecule has 1 aliphatic heterocycles. The Hall–Kier alpha value is -3.33. The summed E-state index contributed by atoms with van der Waals surface area (Å²) in [5.41, 5.74) is 2.88. The fourth-order valence-electron chi connectivity index (χ4n) is 3.39. The lowest BCUT2D eigenvalue weighted by molar-refractivity contribution is 0.0625. The minimum atomic E-state index is -0.120. The van der Waals surface area contributed by atoms with Gasteiger partial charge in [-0.2, -0.15) is 10.2 Å². The number of carbonyl (C=O) groups is 1. The van der Waals surface area contributed by atoms with Crippen LogP contribution in [0.4, 0.5) is 0 Å². The molecule has 1 fully saturated rings. The second-order valence-electron chi connectivity index (χ2n) is 7.09. The minimum Gasteiger partial charge on any atom is -0.335 e. The number of aryl methyl sites for hydroxylation is 1. The molecule has 1 saturated heterocycles. The highest BCUT2D eigenvalue weighted by atomic mass is 16.2. The first kappa shape index (κ1) is 19.0. The van der Waals surface area contributed by atoms with Gasteiger partial charge in [0.2, 0.25) is 0 Å². The summed E-state index contributed by atoms with van der Waals surface area (Å²) in [6, 6.07) is 8.78. The highest BCUT2D eigenvalue weighted by molar-refractivity contribution is 5.92. The van der Waals surface area contributed by atoms with Gasteiger partial charge in [-0.1, -0.05) is 0 Å². The van der Waals surface area contributed by atoms with Crippen LogP contribution in [0.15, 0.2) is 47.5 Å². The van der Waals surface area contributed by atoms with Crippen LogP contribution in [-0.2, 0) is 6.54 Å². The van der Waals surface area contributed by atoms with Gasteiger partial charge in [-0.15, -0.1) is 0 Å². The maximum Gasteiger partial charge on any atom is 0.274 e. The van der Waals surface area contributed by atoms with Gasteiger partial charge in [0.25, 0.3) is 11.5 Å². The molecule has 0 aliphatic carbocycles. The molecule has 3 aromatic rings. The molecule has 9 heteroatoms. The standard InChI is InChI=1S/C20H23N7O2/c1-15-14-18(23-22-15)20(29)26-11-8-25(9-12-26)10-13-27-19(28)3-2-17(24-27)16-4-6-21-7-5-16/h2-7,14H,8-13H2,1H3,(H,22,23). The van der Waals surface area contributed by atoms with Crippen molar-refractivity contribution in [2.24, 2.45) is 0 Å². The van der Waals surface area contributed by atoms with E-state index in [1.54, 1.807) is 30.6 Å². The largest absolute Gasteiger partial charge is 0.335 e. The lowest BCUT2D eigenvalue weighted by Gasteiger charge is -2.34. The van der Waals surface area contributed by atoms with Crippen molar-refractivity contribution in [3.63, 3.8) is 0 Å². The summed E-state index contributed by atoms with van der Waals surface area (Å²) in [5.74, 6) is -0.0445. The van der Waals surface area contributed by atoms with Crippen LogP contribution in [0, 0.1) is 6.92 Å². The van der Waals surface area contributed by atoms with E-state index in [4.69, 9.17) is 0 Å². The van der Waals surface area contributed by atoms with Gasteiger partial charge >= 0.3 is 0 Å². The van der Waals surface area contributed by atoms with Gasteiger partial charge in [0, 0.05) is 62.4 Å². The van der Waals surface area contributed by atoms with Gasteiger partial charge in [0.05, 0.1) is 12.2 Å². The number of amides is 1. The summed E-state index contributed by atoms with van der Waals surface area (Å²) in [5, 5.41) is 11.3. The van der Waals surface area contributed by atoms with Crippen molar-refractivity contribution in [2.75, 3.05) is 32.7 Å². The number of rotatable bonds is 5. The van der Waals surface area contributed by atoms with Gasteiger partial charge < -0.3 is 4.90 Å². The fourth-order valence-corrected chi connectivity index (χ4v) is 3.39. The average molecular weight is 393 g/mol. The molecule has 1 amide bonds. The van der Waals surface area contributed by atoms with Crippen molar-refractivity contribution in [2.45, 2.75) is 13.5 Å². The second kappa shape index (κ2) is 8.36. The molecule has 0 unspecified atom stereocenters. The number of hydrogen-bond donors (Lipinski definition) is 1. The van der Waals surface area contributed by atoms with Crippen molar-refractivity contribution in [3.05, 3.63) is 64.5 Å². The summed E-state index contributed by atoms with van der Waals surface area (Å²) < 4.78 is 1.50. The minimum absolute atomic E-state index is 0.0445. The van der Waals surface area contributed by atoms with Gasteiger partial charge in [-0.05, 0) is 31.2 Å². The Balaban J connectivity index is 1.34. The van der Waals surface area contributed by atoms with Crippen molar-refractivity contribution in [1.82, 2.24) is 34.8 Å². The van der Waals surface area contributed by atoms with Crippen molar-refractivity contribution < 1.29 is 4.79 Å². The van der Waals surface area contributed by atoms with Crippen molar-refractivity contribution in [3.8, 4) is 11.3 Å². The molecular weight excluding hydrogens is 370 g/mol. The molecule has 4 rings (SSSR count). The number of nitrogens with zero attached hydrogens (tertiary/aromatic N) is 6. The fraction of sp³-hybridized carbons (Fsp3) is 0.350. The Bertz CT molecular complexity index is 1040. The molecular formula is C20H23N7O2. The van der Waals surface area contributed by atoms with Crippen LogP contribution in [-0.4, -0.2) is 73.4 Å². The number of piperazine rings is 1. The lowest BCUT2D eigenvalue weighted by Crippen LogP contribution is -2.49. The van der Waals surface area contributed by atoms with E-state index in [2.05, 4.69) is 25.2 Å². The van der Waals surface area contributed by atoms with Crippen LogP contribution in [0.1, 0.15) is 16.2 Å². The van der Waals surface area contributed by atoms with Crippen LogP contribution < -0.4 is 5.56 Å². The molecule has 0 bridgehead atoms. The Morgan fingerprint density at radius 1 is 1.07 bits per heavy atom. The third-order valence-electron chi connectivity index (χ3n) is 5.06. The van der Waals surface area contributed by atoms with Crippen LogP contribution in [0.2, 0.25) is 0 Å². The number of hydrogen-bond acceptors (Lipinski definition) is 6. The predicted molar refractivity (Wildman–Crippen MR) is 107 cm³/mol. The van der Waals surface area contributed by atoms with E-state index >= 15 is 0 Å². The number of pyridine rings is 1. The van der Waals surface area contributed by atoms with Crippen LogP contribution in [0.3, 0.4) is 0 Å². The summed E-state index contributed by atoms with van der Waals surface area (Å²) in [7, 11) is 0. The Labute approximate surface area is 168 Å². The highest BCUT2D eigenvalue weighted by Crippen LogP contribution is 2.13. The first-order valence-electron chi connectivity index (χ1n) is 9.62. The first-order chi connectivity index (χ1) is 14.1. The highest BCUT2D eigenvalue weighted by Gasteiger charge is 2.23. The monoisotopic (exact) mass is 393 g/mol. The molecule has 0 radical (unpaired) electrons. The number of aromatic nitrogens is 5. The molecule has 0 saturated carbocycles. The molecule has 9 nitrogen and oxygen atoms in total. The molecule has 4 heterocycles. The van der Waals surface area contributed by atoms with Gasteiger partial charge in [-0.25, -0.2) is 4.68 Å². The number of carbonyl (C=O) groups excluding carboxylic acids is 1. The summed E-state index contributed by atoms with van der Waals surface area (Å²) in [6.45, 7) is 5.89. The van der Waals surface area contributed by atoms with E-state index in [1.807, 2.05) is 24.0 Å². The van der Waals surface area contributed by atoms with Gasteiger partial charge in [-0.3, -0.25) is 24.6 Å². The summed E-state index contributed by atoms with van der Waals surface area (Å²) in [4.78, 5) is 32.7. The number of aromatic amines is 1. The third kappa shape index (κ3) is 4.40. The van der Waals surface area contributed by atoms with E-state index < -0.39 is 0 Å². The molecule has 0 spiro atoms. The number of H-pyrrole nitrogens is 1. The lowest BCUT2D eigenvalue weighted by atomic mass is 10.2. The van der Waals surface area contributed by atoms with Gasteiger partial charge in [0.15, 0.2) is 0 Å². The van der Waals surface area contributed by atoms with Crippen LogP contribution in [0.5, 0.6) is 0 Å². The zero-order chi connectivity index (χ0) is 20.2. The average Bonchev–Trinajstić information content (AvgIpc) is 3.20. The smallest absolute Gasteiger partial charge is 0.274 e. The third-order valence-corrected chi connectivity index (χ3v) is 5.06. The molecule has 29 heavy (non-hydrogen) atoms. The predicted octanol–water partition coefficient (Wildman–Crippen LogP) is 0.795. The molecule has 150 valence electrons. The Morgan fingerprint density at radius 3 is 2.52 bits per heavy atom. The zero-order valence-electron chi connectivity index (χ0n) is 16.3. The summed E-state index contributed by atoms with van der Waals surface area (Å²) >= 11 is 0. The van der Waals surface area contributed by atoms with Crippen LogP contribution in [0.25, 0.3) is 11.3 Å². The van der Waals surface area contributed by atoms with E-state index in [1.165, 1.54) is 4.68 Å². The van der Waals surface area contributed by atoms with Crippen molar-refractivity contribution in [1.29, 1.82) is 0 Å². The molecule has 1 N–H and O–H groups in total.